The van der Waals surface area contributed by atoms with Gasteiger partial charge in [0, 0.05) is 35.8 Å². The first kappa shape index (κ1) is 16.6. The van der Waals surface area contributed by atoms with E-state index in [1.165, 1.54) is 36.0 Å². The number of nitro groups is 1. The zero-order valence-electron chi connectivity index (χ0n) is 12.7. The van der Waals surface area contributed by atoms with Crippen LogP contribution in [0.4, 0.5) is 11.4 Å². The van der Waals surface area contributed by atoms with Crippen LogP contribution in [-0.2, 0) is 4.79 Å². The predicted octanol–water partition coefficient (Wildman–Crippen LogP) is 2.51. The number of nitrogens with one attached hydrogen (secondary N) is 2. The molecule has 2 N–H and O–H groups in total. The number of aromatic nitrogens is 4. The van der Waals surface area contributed by atoms with Crippen molar-refractivity contribution in [3.63, 3.8) is 0 Å². The van der Waals surface area contributed by atoms with Gasteiger partial charge in [-0.3, -0.25) is 25.0 Å². The fraction of sp³-hybridized carbons (Fsp3) is 0.0667. The number of aromatic amines is 1. The summed E-state index contributed by atoms with van der Waals surface area (Å²) in [6, 6.07) is 9.23. The molecule has 2 aromatic heterocycles. The summed E-state index contributed by atoms with van der Waals surface area (Å²) in [7, 11) is 0. The summed E-state index contributed by atoms with van der Waals surface area (Å²) < 4.78 is 0. The Bertz CT molecular complexity index is 882. The molecule has 9 nitrogen and oxygen atoms in total. The number of benzene rings is 1. The molecule has 25 heavy (non-hydrogen) atoms. The molecule has 0 aliphatic rings. The fourth-order valence-corrected chi connectivity index (χ4v) is 2.54. The molecule has 0 bridgehead atoms. The first-order chi connectivity index (χ1) is 12.1. The van der Waals surface area contributed by atoms with Gasteiger partial charge in [-0.15, -0.1) is 5.10 Å². The Kier molecular flexibility index (Phi) is 5.00. The number of amides is 1. The van der Waals surface area contributed by atoms with E-state index in [1.807, 2.05) is 0 Å². The van der Waals surface area contributed by atoms with Crippen LogP contribution < -0.4 is 5.32 Å². The zero-order chi connectivity index (χ0) is 17.6. The lowest BCUT2D eigenvalue weighted by Crippen LogP contribution is -2.14. The second-order valence-corrected chi connectivity index (χ2v) is 5.79. The van der Waals surface area contributed by atoms with Crippen LogP contribution >= 0.6 is 11.8 Å². The van der Waals surface area contributed by atoms with Crippen molar-refractivity contribution >= 4 is 29.0 Å². The van der Waals surface area contributed by atoms with Crippen molar-refractivity contribution in [1.82, 2.24) is 20.2 Å². The summed E-state index contributed by atoms with van der Waals surface area (Å²) in [6.07, 6.45) is 3.31. The highest BCUT2D eigenvalue weighted by Gasteiger charge is 2.10. The van der Waals surface area contributed by atoms with E-state index in [9.17, 15) is 14.9 Å². The van der Waals surface area contributed by atoms with Gasteiger partial charge in [0.25, 0.3) is 5.69 Å². The molecule has 0 fully saturated rings. The van der Waals surface area contributed by atoms with Crippen LogP contribution in [0.3, 0.4) is 0 Å². The lowest BCUT2D eigenvalue weighted by atomic mass is 10.3. The number of thioether (sulfide) groups is 1. The average Bonchev–Trinajstić information content (AvgIpc) is 3.10. The predicted molar refractivity (Wildman–Crippen MR) is 92.1 cm³/mol. The lowest BCUT2D eigenvalue weighted by Gasteiger charge is -2.03. The van der Waals surface area contributed by atoms with Gasteiger partial charge in [0.2, 0.25) is 11.1 Å². The summed E-state index contributed by atoms with van der Waals surface area (Å²) in [5.74, 6) is 0.458. The van der Waals surface area contributed by atoms with Crippen LogP contribution in [0.2, 0.25) is 0 Å². The Balaban J connectivity index is 1.54. The SMILES string of the molecule is O=C(CSc1n[nH]c(-c2ccncc2)n1)Nc1ccc([N+](=O)[O-])cc1. The van der Waals surface area contributed by atoms with Crippen molar-refractivity contribution in [2.75, 3.05) is 11.1 Å². The third-order valence-corrected chi connectivity index (χ3v) is 3.96. The monoisotopic (exact) mass is 356 g/mol. The van der Waals surface area contributed by atoms with Gasteiger partial charge in [0.1, 0.15) is 0 Å². The highest BCUT2D eigenvalue weighted by Crippen LogP contribution is 2.19. The van der Waals surface area contributed by atoms with Gasteiger partial charge in [0.05, 0.1) is 10.7 Å². The number of hydrogen-bond acceptors (Lipinski definition) is 7. The average molecular weight is 356 g/mol. The topological polar surface area (TPSA) is 127 Å². The van der Waals surface area contributed by atoms with E-state index in [0.717, 1.165) is 5.56 Å². The number of carbonyl (C=O) groups is 1. The van der Waals surface area contributed by atoms with Crippen molar-refractivity contribution < 1.29 is 9.72 Å². The molecule has 0 atom stereocenters. The molecule has 2 heterocycles. The maximum Gasteiger partial charge on any atom is 0.269 e. The molecule has 3 rings (SSSR count). The maximum absolute atomic E-state index is 11.9. The molecule has 1 aromatic carbocycles. The molecule has 0 aliphatic carbocycles. The Hall–Kier alpha value is -3.27. The van der Waals surface area contributed by atoms with E-state index in [4.69, 9.17) is 0 Å². The minimum absolute atomic E-state index is 0.0308. The van der Waals surface area contributed by atoms with Crippen LogP contribution in [0.5, 0.6) is 0 Å². The fourth-order valence-electron chi connectivity index (χ4n) is 1.94. The molecule has 0 saturated heterocycles. The van der Waals surface area contributed by atoms with E-state index in [1.54, 1.807) is 24.5 Å². The van der Waals surface area contributed by atoms with E-state index in [2.05, 4.69) is 25.5 Å². The maximum atomic E-state index is 11.9. The van der Waals surface area contributed by atoms with E-state index >= 15 is 0 Å². The number of hydrogen-bond donors (Lipinski definition) is 2. The first-order valence-electron chi connectivity index (χ1n) is 7.12. The van der Waals surface area contributed by atoms with Crippen LogP contribution in [-0.4, -0.2) is 36.7 Å². The van der Waals surface area contributed by atoms with Crippen LogP contribution in [0, 0.1) is 10.1 Å². The molecule has 0 aliphatic heterocycles. The highest BCUT2D eigenvalue weighted by atomic mass is 32.2. The summed E-state index contributed by atoms with van der Waals surface area (Å²) >= 11 is 1.18. The number of rotatable bonds is 6. The van der Waals surface area contributed by atoms with Crippen molar-refractivity contribution in [3.05, 3.63) is 58.9 Å². The summed E-state index contributed by atoms with van der Waals surface area (Å²) in [5, 5.41) is 20.6. The largest absolute Gasteiger partial charge is 0.325 e. The lowest BCUT2D eigenvalue weighted by molar-refractivity contribution is -0.384. The Morgan fingerprint density at radius 3 is 2.60 bits per heavy atom. The summed E-state index contributed by atoms with van der Waals surface area (Å²) in [5.41, 5.74) is 1.31. The first-order valence-corrected chi connectivity index (χ1v) is 8.10. The number of H-pyrrole nitrogens is 1. The molecule has 0 unspecified atom stereocenters. The second kappa shape index (κ2) is 7.53. The van der Waals surface area contributed by atoms with Gasteiger partial charge in [-0.25, -0.2) is 4.98 Å². The molecule has 10 heteroatoms. The number of nitrogens with zero attached hydrogens (tertiary/aromatic N) is 4. The summed E-state index contributed by atoms with van der Waals surface area (Å²) in [4.78, 5) is 30.3. The van der Waals surface area contributed by atoms with Crippen molar-refractivity contribution in [2.45, 2.75) is 5.16 Å². The minimum Gasteiger partial charge on any atom is -0.325 e. The van der Waals surface area contributed by atoms with Crippen LogP contribution in [0.1, 0.15) is 0 Å². The van der Waals surface area contributed by atoms with Gasteiger partial charge in [-0.05, 0) is 24.3 Å². The Morgan fingerprint density at radius 2 is 1.92 bits per heavy atom. The molecule has 3 aromatic rings. The van der Waals surface area contributed by atoms with Crippen molar-refractivity contribution in [2.24, 2.45) is 0 Å². The summed E-state index contributed by atoms with van der Waals surface area (Å²) in [6.45, 7) is 0. The smallest absolute Gasteiger partial charge is 0.269 e. The van der Waals surface area contributed by atoms with E-state index in [0.29, 0.717) is 16.7 Å². The van der Waals surface area contributed by atoms with Gasteiger partial charge >= 0.3 is 0 Å². The van der Waals surface area contributed by atoms with Gasteiger partial charge < -0.3 is 5.32 Å². The third-order valence-electron chi connectivity index (χ3n) is 3.11. The van der Waals surface area contributed by atoms with E-state index < -0.39 is 4.92 Å². The third kappa shape index (κ3) is 4.38. The molecule has 1 amide bonds. The van der Waals surface area contributed by atoms with Crippen molar-refractivity contribution in [1.29, 1.82) is 0 Å². The quantitative estimate of drug-likeness (QED) is 0.394. The van der Waals surface area contributed by atoms with Gasteiger partial charge in [0.15, 0.2) is 5.82 Å². The normalized spacial score (nSPS) is 10.4. The Labute approximate surface area is 146 Å². The molecular weight excluding hydrogens is 344 g/mol. The molecule has 126 valence electrons. The number of carbonyl (C=O) groups excluding carboxylic acids is 1. The highest BCUT2D eigenvalue weighted by molar-refractivity contribution is 7.99. The van der Waals surface area contributed by atoms with Gasteiger partial charge in [-0.2, -0.15) is 0 Å². The number of nitro benzene ring substituents is 1. The standard InChI is InChI=1S/C15H12N6O3S/c22-13(17-11-1-3-12(4-2-11)21(23)24)9-25-15-18-14(19-20-15)10-5-7-16-8-6-10/h1-8H,9H2,(H,17,22)(H,18,19,20). The molecular formula is C15H12N6O3S. The van der Waals surface area contributed by atoms with Crippen LogP contribution in [0.15, 0.2) is 53.9 Å². The van der Waals surface area contributed by atoms with Crippen LogP contribution in [0.25, 0.3) is 11.4 Å². The van der Waals surface area contributed by atoms with Gasteiger partial charge in [-0.1, -0.05) is 11.8 Å². The Morgan fingerprint density at radius 1 is 1.20 bits per heavy atom. The van der Waals surface area contributed by atoms with Crippen molar-refractivity contribution in [3.8, 4) is 11.4 Å². The number of pyridine rings is 1. The molecule has 0 saturated carbocycles. The number of non-ortho nitro benzene ring substituents is 1. The second-order valence-electron chi connectivity index (χ2n) is 4.84. The molecule has 0 spiro atoms. The minimum atomic E-state index is -0.495. The van der Waals surface area contributed by atoms with E-state index in [-0.39, 0.29) is 17.3 Å². The molecule has 0 radical (unpaired) electrons. The number of anilines is 1. The zero-order valence-corrected chi connectivity index (χ0v) is 13.6.